The van der Waals surface area contributed by atoms with Gasteiger partial charge < -0.3 is 20.9 Å². The highest BCUT2D eigenvalue weighted by Gasteiger charge is 2.18. The van der Waals surface area contributed by atoms with E-state index in [4.69, 9.17) is 0 Å². The lowest BCUT2D eigenvalue weighted by Gasteiger charge is -2.24. The maximum atomic E-state index is 12.3. The van der Waals surface area contributed by atoms with Crippen molar-refractivity contribution in [2.75, 3.05) is 33.0 Å². The Bertz CT molecular complexity index is 758. The van der Waals surface area contributed by atoms with Crippen molar-refractivity contribution in [1.82, 2.24) is 15.5 Å². The fraction of sp³-hybridized carbons (Fsp3) is 0.368. The van der Waals surface area contributed by atoms with Crippen molar-refractivity contribution in [2.45, 2.75) is 19.4 Å². The van der Waals surface area contributed by atoms with Gasteiger partial charge in [-0.15, -0.1) is 11.3 Å². The summed E-state index contributed by atoms with van der Waals surface area (Å²) in [5.41, 5.74) is 2.75. The Morgan fingerprint density at radius 1 is 1.23 bits per heavy atom. The standard InChI is InChI=1S/C19H26N4O2S/c1-13-8-9-26-18(13)16(23(3)4)12-21-19(25)22-15-7-5-6-14(10-15)11-17(24)20-2/h5-10,16H,11-12H2,1-4H3,(H,20,24)(H2,21,22,25)/t16-/m1/s1. The van der Waals surface area contributed by atoms with E-state index in [0.717, 1.165) is 5.56 Å². The molecule has 1 atom stereocenters. The number of amides is 3. The van der Waals surface area contributed by atoms with Gasteiger partial charge in [0.25, 0.3) is 0 Å². The molecule has 0 aliphatic rings. The number of hydrogen-bond donors (Lipinski definition) is 3. The molecule has 0 fully saturated rings. The Labute approximate surface area is 158 Å². The first-order chi connectivity index (χ1) is 12.4. The second-order valence-corrected chi connectivity index (χ2v) is 7.28. The zero-order valence-corrected chi connectivity index (χ0v) is 16.4. The van der Waals surface area contributed by atoms with E-state index in [1.54, 1.807) is 24.5 Å². The first-order valence-electron chi connectivity index (χ1n) is 8.45. The van der Waals surface area contributed by atoms with Crippen LogP contribution in [-0.2, 0) is 11.2 Å². The van der Waals surface area contributed by atoms with E-state index < -0.39 is 0 Å². The average molecular weight is 375 g/mol. The molecule has 1 aromatic heterocycles. The zero-order chi connectivity index (χ0) is 19.1. The molecule has 3 N–H and O–H groups in total. The number of carbonyl (C=O) groups is 2. The van der Waals surface area contributed by atoms with Crippen molar-refractivity contribution in [3.05, 3.63) is 51.7 Å². The van der Waals surface area contributed by atoms with Crippen LogP contribution in [0.4, 0.5) is 10.5 Å². The van der Waals surface area contributed by atoms with Crippen LogP contribution in [0.1, 0.15) is 22.0 Å². The van der Waals surface area contributed by atoms with E-state index in [2.05, 4.69) is 39.2 Å². The highest BCUT2D eigenvalue weighted by Crippen LogP contribution is 2.26. The third-order valence-corrected chi connectivity index (χ3v) is 5.23. The molecule has 0 spiro atoms. The average Bonchev–Trinajstić information content (AvgIpc) is 3.01. The Kier molecular flexibility index (Phi) is 7.17. The summed E-state index contributed by atoms with van der Waals surface area (Å²) in [6.45, 7) is 2.60. The Morgan fingerprint density at radius 3 is 2.62 bits per heavy atom. The SMILES string of the molecule is CNC(=O)Cc1cccc(NC(=O)NC[C@H](c2sccc2C)N(C)C)c1. The van der Waals surface area contributed by atoms with Gasteiger partial charge in [-0.2, -0.15) is 0 Å². The largest absolute Gasteiger partial charge is 0.359 e. The zero-order valence-electron chi connectivity index (χ0n) is 15.6. The maximum absolute atomic E-state index is 12.3. The molecular formula is C19H26N4O2S. The number of urea groups is 1. The van der Waals surface area contributed by atoms with Gasteiger partial charge in [-0.3, -0.25) is 4.79 Å². The lowest BCUT2D eigenvalue weighted by molar-refractivity contribution is -0.119. The van der Waals surface area contributed by atoms with Crippen molar-refractivity contribution in [1.29, 1.82) is 0 Å². The number of hydrogen-bond acceptors (Lipinski definition) is 4. The maximum Gasteiger partial charge on any atom is 0.319 e. The van der Waals surface area contributed by atoms with E-state index in [-0.39, 0.29) is 24.4 Å². The summed E-state index contributed by atoms with van der Waals surface area (Å²) in [4.78, 5) is 27.1. The number of likely N-dealkylation sites (N-methyl/N-ethyl adjacent to an activating group) is 2. The topological polar surface area (TPSA) is 73.5 Å². The molecule has 2 aromatic rings. The second kappa shape index (κ2) is 9.35. The predicted molar refractivity (Wildman–Crippen MR) is 107 cm³/mol. The van der Waals surface area contributed by atoms with Crippen molar-refractivity contribution < 1.29 is 9.59 Å². The number of anilines is 1. The molecule has 0 aliphatic carbocycles. The van der Waals surface area contributed by atoms with Crippen LogP contribution in [0.5, 0.6) is 0 Å². The lowest BCUT2D eigenvalue weighted by Crippen LogP contribution is -2.36. The molecule has 0 aliphatic heterocycles. The number of thiophene rings is 1. The highest BCUT2D eigenvalue weighted by atomic mass is 32.1. The fourth-order valence-electron chi connectivity index (χ4n) is 2.63. The van der Waals surface area contributed by atoms with Gasteiger partial charge in [-0.25, -0.2) is 4.79 Å². The molecule has 1 aromatic carbocycles. The Balaban J connectivity index is 1.95. The molecule has 0 bridgehead atoms. The van der Waals surface area contributed by atoms with Gasteiger partial charge in [0.2, 0.25) is 5.91 Å². The Morgan fingerprint density at radius 2 is 2.00 bits per heavy atom. The quantitative estimate of drug-likeness (QED) is 0.698. The minimum Gasteiger partial charge on any atom is -0.359 e. The van der Waals surface area contributed by atoms with E-state index in [0.29, 0.717) is 12.2 Å². The minimum absolute atomic E-state index is 0.0632. The molecule has 140 valence electrons. The summed E-state index contributed by atoms with van der Waals surface area (Å²) >= 11 is 1.70. The van der Waals surface area contributed by atoms with Crippen LogP contribution >= 0.6 is 11.3 Å². The van der Waals surface area contributed by atoms with Crippen LogP contribution < -0.4 is 16.0 Å². The van der Waals surface area contributed by atoms with E-state index in [1.807, 2.05) is 32.3 Å². The summed E-state index contributed by atoms with van der Waals surface area (Å²) in [6.07, 6.45) is 0.286. The summed E-state index contributed by atoms with van der Waals surface area (Å²) < 4.78 is 0. The number of carbonyl (C=O) groups excluding carboxylic acids is 2. The molecule has 0 unspecified atom stereocenters. The van der Waals surface area contributed by atoms with E-state index in [1.165, 1.54) is 10.4 Å². The van der Waals surface area contributed by atoms with Gasteiger partial charge in [0, 0.05) is 24.2 Å². The smallest absolute Gasteiger partial charge is 0.319 e. The summed E-state index contributed by atoms with van der Waals surface area (Å²) in [6, 6.07) is 9.25. The number of nitrogens with zero attached hydrogens (tertiary/aromatic N) is 1. The Hall–Kier alpha value is -2.38. The van der Waals surface area contributed by atoms with Crippen molar-refractivity contribution in [3.8, 4) is 0 Å². The van der Waals surface area contributed by atoms with E-state index in [9.17, 15) is 9.59 Å². The van der Waals surface area contributed by atoms with Crippen LogP contribution in [0.25, 0.3) is 0 Å². The predicted octanol–water partition coefficient (Wildman–Crippen LogP) is 2.77. The van der Waals surface area contributed by atoms with Crippen molar-refractivity contribution in [2.24, 2.45) is 0 Å². The summed E-state index contributed by atoms with van der Waals surface area (Å²) in [5, 5.41) is 10.4. The molecule has 3 amide bonds. The number of nitrogens with one attached hydrogen (secondary N) is 3. The van der Waals surface area contributed by atoms with Gasteiger partial charge in [0.05, 0.1) is 12.5 Å². The van der Waals surface area contributed by atoms with Crippen LogP contribution in [0, 0.1) is 6.92 Å². The van der Waals surface area contributed by atoms with Gasteiger partial charge >= 0.3 is 6.03 Å². The third kappa shape index (κ3) is 5.57. The molecular weight excluding hydrogens is 348 g/mol. The molecule has 1 heterocycles. The number of rotatable bonds is 7. The first kappa shape index (κ1) is 19.9. The number of benzene rings is 1. The second-order valence-electron chi connectivity index (χ2n) is 6.33. The van der Waals surface area contributed by atoms with Gasteiger partial charge in [-0.1, -0.05) is 12.1 Å². The molecule has 7 heteroatoms. The normalized spacial score (nSPS) is 11.9. The molecule has 0 saturated carbocycles. The number of aryl methyl sites for hydroxylation is 1. The minimum atomic E-state index is -0.261. The fourth-order valence-corrected chi connectivity index (χ4v) is 3.76. The molecule has 26 heavy (non-hydrogen) atoms. The van der Waals surface area contributed by atoms with Gasteiger partial charge in [0.15, 0.2) is 0 Å². The summed E-state index contributed by atoms with van der Waals surface area (Å²) in [7, 11) is 5.62. The van der Waals surface area contributed by atoms with Crippen LogP contribution in [0.3, 0.4) is 0 Å². The molecule has 0 radical (unpaired) electrons. The monoisotopic (exact) mass is 374 g/mol. The van der Waals surface area contributed by atoms with Crippen molar-refractivity contribution >= 4 is 29.0 Å². The molecule has 0 saturated heterocycles. The van der Waals surface area contributed by atoms with E-state index >= 15 is 0 Å². The van der Waals surface area contributed by atoms with Crippen LogP contribution in [0.2, 0.25) is 0 Å². The van der Waals surface area contributed by atoms with Crippen LogP contribution in [-0.4, -0.2) is 44.5 Å². The first-order valence-corrected chi connectivity index (χ1v) is 9.33. The van der Waals surface area contributed by atoms with Gasteiger partial charge in [0.1, 0.15) is 0 Å². The molecule has 2 rings (SSSR count). The lowest BCUT2D eigenvalue weighted by atomic mass is 10.1. The van der Waals surface area contributed by atoms with Crippen LogP contribution in [0.15, 0.2) is 35.7 Å². The third-order valence-electron chi connectivity index (χ3n) is 4.11. The highest BCUT2D eigenvalue weighted by molar-refractivity contribution is 7.10. The van der Waals surface area contributed by atoms with Crippen molar-refractivity contribution in [3.63, 3.8) is 0 Å². The summed E-state index contributed by atoms with van der Waals surface area (Å²) in [5.74, 6) is -0.0632. The molecule has 6 nitrogen and oxygen atoms in total. The van der Waals surface area contributed by atoms with Gasteiger partial charge in [-0.05, 0) is 55.7 Å².